The molecular weight excluding hydrogens is 388 g/mol. The largest absolute Gasteiger partial charge is 0.341 e. The number of benzene rings is 1. The van der Waals surface area contributed by atoms with Gasteiger partial charge in [0.1, 0.15) is 0 Å². The Kier molecular flexibility index (Phi) is 6.36. The number of amides is 1. The van der Waals surface area contributed by atoms with Crippen molar-refractivity contribution < 1.29 is 22.0 Å². The molecule has 1 amide bonds. The van der Waals surface area contributed by atoms with Crippen LogP contribution in [0.1, 0.15) is 26.7 Å². The first-order chi connectivity index (χ1) is 13.2. The molecule has 0 spiro atoms. The lowest BCUT2D eigenvalue weighted by molar-refractivity contribution is -0.138. The first-order valence-corrected chi connectivity index (χ1v) is 11.1. The highest BCUT2D eigenvalue weighted by Crippen LogP contribution is 2.22. The summed E-state index contributed by atoms with van der Waals surface area (Å²) in [4.78, 5) is 16.4. The summed E-state index contributed by atoms with van der Waals surface area (Å²) in [5.74, 6) is -1.54. The monoisotopic (exact) mass is 415 g/mol. The number of carbonyl (C=O) groups is 1. The van der Waals surface area contributed by atoms with Crippen LogP contribution in [0.5, 0.6) is 0 Å². The van der Waals surface area contributed by atoms with E-state index in [1.54, 1.807) is 0 Å². The Labute approximate surface area is 165 Å². The van der Waals surface area contributed by atoms with Crippen molar-refractivity contribution in [1.82, 2.24) is 14.1 Å². The Hall–Kier alpha value is -1.58. The molecule has 3 rings (SSSR count). The molecule has 9 heteroatoms. The van der Waals surface area contributed by atoms with Crippen molar-refractivity contribution in [3.63, 3.8) is 0 Å². The van der Waals surface area contributed by atoms with Gasteiger partial charge in [0.05, 0.1) is 10.9 Å². The highest BCUT2D eigenvalue weighted by Gasteiger charge is 2.34. The second-order valence-corrected chi connectivity index (χ2v) is 9.64. The van der Waals surface area contributed by atoms with Crippen LogP contribution in [-0.2, 0) is 14.8 Å². The number of carbonyl (C=O) groups excluding carboxylic acids is 1. The van der Waals surface area contributed by atoms with E-state index in [0.717, 1.165) is 38.1 Å². The van der Waals surface area contributed by atoms with E-state index in [1.165, 1.54) is 4.31 Å². The number of piperidine rings is 1. The van der Waals surface area contributed by atoms with Gasteiger partial charge in [-0.3, -0.25) is 9.69 Å². The van der Waals surface area contributed by atoms with Crippen LogP contribution in [0.2, 0.25) is 0 Å². The van der Waals surface area contributed by atoms with E-state index in [9.17, 15) is 22.0 Å². The molecule has 0 aromatic heterocycles. The minimum absolute atomic E-state index is 0.0869. The number of rotatable bonds is 4. The van der Waals surface area contributed by atoms with Crippen LogP contribution in [-0.4, -0.2) is 73.7 Å². The summed E-state index contributed by atoms with van der Waals surface area (Å²) < 4.78 is 53.1. The van der Waals surface area contributed by atoms with E-state index in [4.69, 9.17) is 0 Å². The van der Waals surface area contributed by atoms with Crippen molar-refractivity contribution in [1.29, 1.82) is 0 Å². The van der Waals surface area contributed by atoms with Crippen LogP contribution >= 0.6 is 0 Å². The van der Waals surface area contributed by atoms with Gasteiger partial charge in [0.15, 0.2) is 11.6 Å². The average Bonchev–Trinajstić information content (AvgIpc) is 2.69. The molecule has 2 saturated heterocycles. The average molecular weight is 416 g/mol. The van der Waals surface area contributed by atoms with E-state index in [-0.39, 0.29) is 29.9 Å². The SMILES string of the molecule is CC1CCN(C(=O)C(C)N2CCN(S(=O)(=O)c3ccc(F)c(F)c3)CC2)CC1. The van der Waals surface area contributed by atoms with Gasteiger partial charge in [0.25, 0.3) is 0 Å². The molecule has 1 aromatic rings. The lowest BCUT2D eigenvalue weighted by Gasteiger charge is -2.39. The van der Waals surface area contributed by atoms with E-state index >= 15 is 0 Å². The predicted octanol–water partition coefficient (Wildman–Crippen LogP) is 1.92. The van der Waals surface area contributed by atoms with Gasteiger partial charge in [0, 0.05) is 39.3 Å². The molecule has 0 aliphatic carbocycles. The second-order valence-electron chi connectivity index (χ2n) is 7.70. The lowest BCUT2D eigenvalue weighted by Crippen LogP contribution is -2.56. The number of hydrogen-bond acceptors (Lipinski definition) is 4. The zero-order chi connectivity index (χ0) is 20.5. The Bertz CT molecular complexity index is 818. The quantitative estimate of drug-likeness (QED) is 0.754. The van der Waals surface area contributed by atoms with Crippen LogP contribution in [0, 0.1) is 17.6 Å². The minimum atomic E-state index is -3.89. The van der Waals surface area contributed by atoms with Crippen LogP contribution < -0.4 is 0 Å². The molecule has 0 bridgehead atoms. The molecule has 0 radical (unpaired) electrons. The first kappa shape index (κ1) is 21.1. The molecule has 0 N–H and O–H groups in total. The fraction of sp³-hybridized carbons (Fsp3) is 0.632. The molecule has 28 heavy (non-hydrogen) atoms. The maximum Gasteiger partial charge on any atom is 0.243 e. The van der Waals surface area contributed by atoms with Crippen molar-refractivity contribution >= 4 is 15.9 Å². The minimum Gasteiger partial charge on any atom is -0.341 e. The number of piperazine rings is 1. The van der Waals surface area contributed by atoms with E-state index in [1.807, 2.05) is 16.7 Å². The Morgan fingerprint density at radius 2 is 1.64 bits per heavy atom. The summed E-state index contributed by atoms with van der Waals surface area (Å²) in [5.41, 5.74) is 0. The van der Waals surface area contributed by atoms with Gasteiger partial charge in [-0.05, 0) is 43.9 Å². The van der Waals surface area contributed by atoms with Gasteiger partial charge in [-0.2, -0.15) is 4.31 Å². The Balaban J connectivity index is 1.60. The number of halogens is 2. The van der Waals surface area contributed by atoms with Gasteiger partial charge >= 0.3 is 0 Å². The van der Waals surface area contributed by atoms with E-state index in [2.05, 4.69) is 6.92 Å². The van der Waals surface area contributed by atoms with Crippen LogP contribution in [0.4, 0.5) is 8.78 Å². The fourth-order valence-corrected chi connectivity index (χ4v) is 5.20. The predicted molar refractivity (Wildman–Crippen MR) is 101 cm³/mol. The van der Waals surface area contributed by atoms with E-state index < -0.39 is 21.7 Å². The maximum atomic E-state index is 13.4. The summed E-state index contributed by atoms with van der Waals surface area (Å²) in [6.07, 6.45) is 2.03. The molecule has 2 heterocycles. The van der Waals surface area contributed by atoms with Crippen LogP contribution in [0.25, 0.3) is 0 Å². The summed E-state index contributed by atoms with van der Waals surface area (Å²) >= 11 is 0. The normalized spacial score (nSPS) is 21.6. The van der Waals surface area contributed by atoms with Crippen LogP contribution in [0.3, 0.4) is 0 Å². The third-order valence-corrected chi connectivity index (χ3v) is 7.70. The summed E-state index contributed by atoms with van der Waals surface area (Å²) in [7, 11) is -3.89. The summed E-state index contributed by atoms with van der Waals surface area (Å²) in [6, 6.07) is 2.30. The molecule has 2 fully saturated rings. The number of sulfonamides is 1. The van der Waals surface area contributed by atoms with Crippen LogP contribution in [0.15, 0.2) is 23.1 Å². The number of nitrogens with zero attached hydrogens (tertiary/aromatic N) is 3. The lowest BCUT2D eigenvalue weighted by atomic mass is 9.98. The molecule has 0 saturated carbocycles. The number of likely N-dealkylation sites (tertiary alicyclic amines) is 1. The van der Waals surface area contributed by atoms with Crippen molar-refractivity contribution in [3.8, 4) is 0 Å². The smallest absolute Gasteiger partial charge is 0.243 e. The van der Waals surface area contributed by atoms with Crippen molar-refractivity contribution in [3.05, 3.63) is 29.8 Å². The molecule has 6 nitrogen and oxygen atoms in total. The highest BCUT2D eigenvalue weighted by atomic mass is 32.2. The zero-order valence-corrected chi connectivity index (χ0v) is 17.1. The third-order valence-electron chi connectivity index (χ3n) is 5.80. The first-order valence-electron chi connectivity index (χ1n) is 9.68. The molecule has 1 atom stereocenters. The molecule has 1 unspecified atom stereocenters. The standard InChI is InChI=1S/C19H27F2N3O3S/c1-14-5-7-23(8-6-14)19(25)15(2)22-9-11-24(12-10-22)28(26,27)16-3-4-17(20)18(21)13-16/h3-4,13-15H,5-12H2,1-2H3. The fourth-order valence-electron chi connectivity index (χ4n) is 3.77. The van der Waals surface area contributed by atoms with Gasteiger partial charge < -0.3 is 4.90 Å². The maximum absolute atomic E-state index is 13.4. The molecule has 1 aromatic carbocycles. The highest BCUT2D eigenvalue weighted by molar-refractivity contribution is 7.89. The van der Waals surface area contributed by atoms with Gasteiger partial charge in [-0.15, -0.1) is 0 Å². The Morgan fingerprint density at radius 1 is 1.04 bits per heavy atom. The van der Waals surface area contributed by atoms with Gasteiger partial charge in [-0.1, -0.05) is 6.92 Å². The summed E-state index contributed by atoms with van der Waals surface area (Å²) in [5, 5.41) is 0. The molecular formula is C19H27F2N3O3S. The Morgan fingerprint density at radius 3 is 2.21 bits per heavy atom. The second kappa shape index (κ2) is 8.42. The number of hydrogen-bond donors (Lipinski definition) is 0. The van der Waals surface area contributed by atoms with Crippen molar-refractivity contribution in [2.75, 3.05) is 39.3 Å². The zero-order valence-electron chi connectivity index (χ0n) is 16.3. The third kappa shape index (κ3) is 4.36. The molecule has 2 aliphatic rings. The molecule has 2 aliphatic heterocycles. The van der Waals surface area contributed by atoms with Gasteiger partial charge in [0.2, 0.25) is 15.9 Å². The van der Waals surface area contributed by atoms with E-state index in [0.29, 0.717) is 25.1 Å². The molecule has 156 valence electrons. The summed E-state index contributed by atoms with van der Waals surface area (Å²) in [6.45, 7) is 6.84. The van der Waals surface area contributed by atoms with Crippen molar-refractivity contribution in [2.24, 2.45) is 5.92 Å². The van der Waals surface area contributed by atoms with Crippen molar-refractivity contribution in [2.45, 2.75) is 37.6 Å². The van der Waals surface area contributed by atoms with Gasteiger partial charge in [-0.25, -0.2) is 17.2 Å². The topological polar surface area (TPSA) is 60.9 Å².